The van der Waals surface area contributed by atoms with Gasteiger partial charge >= 0.3 is 5.69 Å². The number of nitrogens with zero attached hydrogens (tertiary/aromatic N) is 4. The molecule has 2 heterocycles. The van der Waals surface area contributed by atoms with Crippen molar-refractivity contribution in [2.24, 2.45) is 14.1 Å². The van der Waals surface area contributed by atoms with Gasteiger partial charge in [-0.15, -0.1) is 0 Å². The van der Waals surface area contributed by atoms with Crippen LogP contribution in [-0.4, -0.2) is 48.0 Å². The molecule has 160 valence electrons. The zero-order valence-corrected chi connectivity index (χ0v) is 19.9. The van der Waals surface area contributed by atoms with Crippen molar-refractivity contribution in [3.8, 4) is 0 Å². The summed E-state index contributed by atoms with van der Waals surface area (Å²) in [6, 6.07) is 9.51. The lowest BCUT2D eigenvalue weighted by molar-refractivity contribution is 0.384. The van der Waals surface area contributed by atoms with E-state index in [0.29, 0.717) is 41.7 Å². The minimum Gasteiger partial charge on any atom is -0.369 e. The number of piperazine rings is 1. The van der Waals surface area contributed by atoms with E-state index in [1.165, 1.54) is 24.6 Å². The molecule has 30 heavy (non-hydrogen) atoms. The molecule has 1 aliphatic rings. The Balaban J connectivity index is 1.64. The van der Waals surface area contributed by atoms with Gasteiger partial charge in [-0.2, -0.15) is 4.31 Å². The van der Waals surface area contributed by atoms with Crippen molar-refractivity contribution in [3.05, 3.63) is 56.4 Å². The molecule has 4 rings (SSSR count). The number of rotatable bonds is 3. The summed E-state index contributed by atoms with van der Waals surface area (Å²) in [6.45, 7) is 6.27. The van der Waals surface area contributed by atoms with Crippen molar-refractivity contribution in [2.75, 3.05) is 31.1 Å². The summed E-state index contributed by atoms with van der Waals surface area (Å²) in [5.74, 6) is 0. The van der Waals surface area contributed by atoms with Crippen molar-refractivity contribution in [2.45, 2.75) is 18.7 Å². The molecule has 9 heteroatoms. The predicted molar refractivity (Wildman–Crippen MR) is 123 cm³/mol. The maximum absolute atomic E-state index is 13.4. The Morgan fingerprint density at radius 2 is 1.53 bits per heavy atom. The van der Waals surface area contributed by atoms with Crippen LogP contribution in [0.2, 0.25) is 0 Å². The molecule has 0 radical (unpaired) electrons. The molecular weight excluding hydrogens is 468 g/mol. The number of hydrogen-bond donors (Lipinski definition) is 0. The molecule has 3 aromatic rings. The molecule has 0 atom stereocenters. The van der Waals surface area contributed by atoms with Crippen LogP contribution >= 0.6 is 15.9 Å². The van der Waals surface area contributed by atoms with Gasteiger partial charge in [-0.1, -0.05) is 12.1 Å². The van der Waals surface area contributed by atoms with Crippen molar-refractivity contribution in [1.29, 1.82) is 0 Å². The zero-order chi connectivity index (χ0) is 21.8. The van der Waals surface area contributed by atoms with Crippen LogP contribution in [0.15, 0.2) is 44.5 Å². The molecule has 0 saturated carbocycles. The van der Waals surface area contributed by atoms with Gasteiger partial charge in [0.1, 0.15) is 0 Å². The largest absolute Gasteiger partial charge is 0.369 e. The molecule has 0 bridgehead atoms. The fraction of sp³-hybridized carbons (Fsp3) is 0.381. The van der Waals surface area contributed by atoms with Crippen LogP contribution in [-0.2, 0) is 24.1 Å². The van der Waals surface area contributed by atoms with Crippen molar-refractivity contribution < 1.29 is 8.42 Å². The van der Waals surface area contributed by atoms with Crippen LogP contribution in [0.25, 0.3) is 11.0 Å². The third-order valence-corrected chi connectivity index (χ3v) is 8.96. The zero-order valence-electron chi connectivity index (χ0n) is 17.5. The smallest absolute Gasteiger partial charge is 0.328 e. The minimum absolute atomic E-state index is 0.186. The van der Waals surface area contributed by atoms with E-state index in [4.69, 9.17) is 0 Å². The maximum Gasteiger partial charge on any atom is 0.328 e. The maximum atomic E-state index is 13.4. The summed E-state index contributed by atoms with van der Waals surface area (Å²) < 4.78 is 31.8. The van der Waals surface area contributed by atoms with Gasteiger partial charge in [0.2, 0.25) is 10.0 Å². The van der Waals surface area contributed by atoms with Crippen LogP contribution in [0.1, 0.15) is 11.1 Å². The van der Waals surface area contributed by atoms with Crippen molar-refractivity contribution in [1.82, 2.24) is 13.4 Å². The van der Waals surface area contributed by atoms with Gasteiger partial charge in [-0.3, -0.25) is 9.13 Å². The lowest BCUT2D eigenvalue weighted by Gasteiger charge is -2.36. The van der Waals surface area contributed by atoms with Gasteiger partial charge in [0, 0.05) is 50.4 Å². The molecule has 0 aliphatic carbocycles. The Morgan fingerprint density at radius 1 is 0.933 bits per heavy atom. The Bertz CT molecular complexity index is 1300. The first kappa shape index (κ1) is 21.1. The number of benzene rings is 2. The van der Waals surface area contributed by atoms with Crippen molar-refractivity contribution in [3.63, 3.8) is 0 Å². The number of fused-ring (bicyclic) bond motifs is 1. The van der Waals surface area contributed by atoms with E-state index in [1.807, 2.05) is 6.07 Å². The van der Waals surface area contributed by atoms with Gasteiger partial charge in [0.25, 0.3) is 0 Å². The van der Waals surface area contributed by atoms with Gasteiger partial charge in [-0.25, -0.2) is 13.2 Å². The van der Waals surface area contributed by atoms with E-state index in [-0.39, 0.29) is 10.6 Å². The highest BCUT2D eigenvalue weighted by Gasteiger charge is 2.31. The number of anilines is 1. The summed E-state index contributed by atoms with van der Waals surface area (Å²) in [5.41, 5.74) is 4.72. The summed E-state index contributed by atoms with van der Waals surface area (Å²) >= 11 is 3.41. The van der Waals surface area contributed by atoms with Crippen LogP contribution in [0.5, 0.6) is 0 Å². The van der Waals surface area contributed by atoms with E-state index >= 15 is 0 Å². The van der Waals surface area contributed by atoms with Crippen LogP contribution in [0.3, 0.4) is 0 Å². The Morgan fingerprint density at radius 3 is 2.17 bits per heavy atom. The van der Waals surface area contributed by atoms with Gasteiger partial charge in [0.15, 0.2) is 0 Å². The number of aryl methyl sites for hydroxylation is 3. The highest BCUT2D eigenvalue weighted by Crippen LogP contribution is 2.31. The molecule has 1 saturated heterocycles. The van der Waals surface area contributed by atoms with Gasteiger partial charge < -0.3 is 4.90 Å². The highest BCUT2D eigenvalue weighted by atomic mass is 79.9. The minimum atomic E-state index is -3.69. The quantitative estimate of drug-likeness (QED) is 0.563. The monoisotopic (exact) mass is 492 g/mol. The van der Waals surface area contributed by atoms with E-state index < -0.39 is 10.0 Å². The SMILES string of the molecule is Cc1cccc(N2CCN(S(=O)(=O)c3cc4c(cc3Br)n(C)c(=O)n4C)CC2)c1C. The Labute approximate surface area is 184 Å². The van der Waals surface area contributed by atoms with Gasteiger partial charge in [0.05, 0.1) is 15.9 Å². The van der Waals surface area contributed by atoms with Crippen LogP contribution in [0, 0.1) is 13.8 Å². The number of halogens is 1. The normalized spacial score (nSPS) is 15.8. The lowest BCUT2D eigenvalue weighted by Crippen LogP contribution is -2.49. The fourth-order valence-electron chi connectivity index (χ4n) is 4.08. The van der Waals surface area contributed by atoms with E-state index in [1.54, 1.807) is 26.2 Å². The van der Waals surface area contributed by atoms with Crippen LogP contribution < -0.4 is 10.6 Å². The summed E-state index contributed by atoms with van der Waals surface area (Å²) in [6.07, 6.45) is 0. The first-order valence-electron chi connectivity index (χ1n) is 9.79. The number of sulfonamides is 1. The second-order valence-electron chi connectivity index (χ2n) is 7.78. The molecule has 0 N–H and O–H groups in total. The third kappa shape index (κ3) is 3.29. The molecule has 1 aliphatic heterocycles. The molecule has 0 amide bonds. The van der Waals surface area contributed by atoms with E-state index in [2.05, 4.69) is 46.8 Å². The lowest BCUT2D eigenvalue weighted by atomic mass is 10.1. The molecule has 0 spiro atoms. The first-order valence-corrected chi connectivity index (χ1v) is 12.0. The standard InChI is InChI=1S/C21H25BrN4O3S/c1-14-6-5-7-17(15(14)2)25-8-10-26(11-9-25)30(28,29)20-13-19-18(12-16(20)22)23(3)21(27)24(19)4/h5-7,12-13H,8-11H2,1-4H3. The number of hydrogen-bond acceptors (Lipinski definition) is 4. The second kappa shape index (κ2) is 7.55. The molecule has 1 fully saturated rings. The highest BCUT2D eigenvalue weighted by molar-refractivity contribution is 9.10. The third-order valence-electron chi connectivity index (χ3n) is 6.10. The van der Waals surface area contributed by atoms with Crippen LogP contribution in [0.4, 0.5) is 5.69 Å². The summed E-state index contributed by atoms with van der Waals surface area (Å²) in [7, 11) is -0.364. The topological polar surface area (TPSA) is 67.6 Å². The Hall–Kier alpha value is -2.10. The van der Waals surface area contributed by atoms with E-state index in [9.17, 15) is 13.2 Å². The predicted octanol–water partition coefficient (Wildman–Crippen LogP) is 2.77. The number of imidazole rings is 1. The Kier molecular flexibility index (Phi) is 5.32. The average Bonchev–Trinajstić information content (AvgIpc) is 2.93. The molecule has 1 aromatic heterocycles. The molecule has 7 nitrogen and oxygen atoms in total. The number of aromatic nitrogens is 2. The second-order valence-corrected chi connectivity index (χ2v) is 10.5. The van der Waals surface area contributed by atoms with E-state index in [0.717, 1.165) is 5.69 Å². The summed E-state index contributed by atoms with van der Waals surface area (Å²) in [4.78, 5) is 14.7. The molecule has 2 aromatic carbocycles. The van der Waals surface area contributed by atoms with Crippen molar-refractivity contribution >= 4 is 42.7 Å². The van der Waals surface area contributed by atoms with Gasteiger partial charge in [-0.05, 0) is 59.1 Å². The first-order chi connectivity index (χ1) is 14.1. The fourth-order valence-corrected chi connectivity index (χ4v) is 6.52. The average molecular weight is 493 g/mol. The molecule has 0 unspecified atom stereocenters. The summed E-state index contributed by atoms with van der Waals surface area (Å²) in [5, 5.41) is 0. The molecular formula is C21H25BrN4O3S.